The Morgan fingerprint density at radius 3 is 2.60 bits per heavy atom. The van der Waals surface area contributed by atoms with Crippen LogP contribution in [-0.2, 0) is 4.79 Å². The van der Waals surface area contributed by atoms with Crippen molar-refractivity contribution in [3.63, 3.8) is 0 Å². The smallest absolute Gasteiger partial charge is 0.266 e. The summed E-state index contributed by atoms with van der Waals surface area (Å²) in [5.41, 5.74) is 2.20. The number of aromatic nitrogens is 3. The van der Waals surface area contributed by atoms with Gasteiger partial charge in [-0.25, -0.2) is 9.67 Å². The predicted octanol–water partition coefficient (Wildman–Crippen LogP) is 3.58. The van der Waals surface area contributed by atoms with Crippen molar-refractivity contribution in [2.75, 3.05) is 5.32 Å². The van der Waals surface area contributed by atoms with Crippen LogP contribution in [0.5, 0.6) is 0 Å². The van der Waals surface area contributed by atoms with E-state index < -0.39 is 5.91 Å². The summed E-state index contributed by atoms with van der Waals surface area (Å²) in [7, 11) is 0. The van der Waals surface area contributed by atoms with Crippen molar-refractivity contribution < 1.29 is 4.79 Å². The monoisotopic (exact) mass is 393 g/mol. The molecule has 6 nitrogen and oxygen atoms in total. The van der Waals surface area contributed by atoms with Gasteiger partial charge in [0.1, 0.15) is 24.3 Å². The molecule has 0 aliphatic heterocycles. The summed E-state index contributed by atoms with van der Waals surface area (Å²) in [6.45, 7) is 0. The van der Waals surface area contributed by atoms with Crippen LogP contribution in [0.15, 0.2) is 71.2 Å². The van der Waals surface area contributed by atoms with Gasteiger partial charge in [-0.3, -0.25) is 4.79 Å². The van der Waals surface area contributed by atoms with Gasteiger partial charge >= 0.3 is 0 Å². The van der Waals surface area contributed by atoms with E-state index in [-0.39, 0.29) is 5.57 Å². The number of nitrogens with one attached hydrogen (secondary N) is 1. The average molecular weight is 394 g/mol. The molecule has 0 saturated carbocycles. The van der Waals surface area contributed by atoms with Gasteiger partial charge < -0.3 is 5.32 Å². The van der Waals surface area contributed by atoms with Gasteiger partial charge in [0.25, 0.3) is 5.91 Å². The Bertz CT molecular complexity index is 956. The largest absolute Gasteiger partial charge is 0.320 e. The third kappa shape index (κ3) is 4.00. The Morgan fingerprint density at radius 2 is 1.96 bits per heavy atom. The molecule has 1 amide bonds. The lowest BCUT2D eigenvalue weighted by Crippen LogP contribution is -2.13. The van der Waals surface area contributed by atoms with Crippen LogP contribution in [0, 0.1) is 11.3 Å². The molecule has 0 spiro atoms. The summed E-state index contributed by atoms with van der Waals surface area (Å²) in [4.78, 5) is 16.2. The van der Waals surface area contributed by atoms with Crippen molar-refractivity contribution in [1.82, 2.24) is 14.8 Å². The van der Waals surface area contributed by atoms with Gasteiger partial charge in [0.05, 0.1) is 11.4 Å². The summed E-state index contributed by atoms with van der Waals surface area (Å²) < 4.78 is 2.37. The van der Waals surface area contributed by atoms with Crippen LogP contribution in [0.1, 0.15) is 5.56 Å². The maximum atomic E-state index is 12.3. The number of amides is 1. The van der Waals surface area contributed by atoms with E-state index >= 15 is 0 Å². The van der Waals surface area contributed by atoms with Crippen molar-refractivity contribution in [2.45, 2.75) is 0 Å². The molecule has 0 bridgehead atoms. The van der Waals surface area contributed by atoms with Crippen LogP contribution >= 0.6 is 15.9 Å². The first kappa shape index (κ1) is 16.6. The first-order valence-electron chi connectivity index (χ1n) is 7.30. The SMILES string of the molecule is N#C/C(=C/c1ccc(-n2cncn2)cc1)C(=O)Nc1ccccc1Br. The Kier molecular flexibility index (Phi) is 5.02. The van der Waals surface area contributed by atoms with Gasteiger partial charge in [-0.05, 0) is 51.8 Å². The number of hydrogen-bond acceptors (Lipinski definition) is 4. The topological polar surface area (TPSA) is 83.6 Å². The van der Waals surface area contributed by atoms with Gasteiger partial charge in [-0.15, -0.1) is 0 Å². The van der Waals surface area contributed by atoms with Crippen LogP contribution in [0.3, 0.4) is 0 Å². The van der Waals surface area contributed by atoms with Gasteiger partial charge in [0.15, 0.2) is 0 Å². The molecule has 3 aromatic rings. The predicted molar refractivity (Wildman–Crippen MR) is 97.7 cm³/mol. The molecule has 25 heavy (non-hydrogen) atoms. The van der Waals surface area contributed by atoms with Gasteiger partial charge in [-0.2, -0.15) is 10.4 Å². The van der Waals surface area contributed by atoms with E-state index in [1.807, 2.05) is 30.3 Å². The second-order valence-electron chi connectivity index (χ2n) is 5.04. The molecule has 1 aromatic heterocycles. The zero-order chi connectivity index (χ0) is 17.6. The minimum Gasteiger partial charge on any atom is -0.320 e. The average Bonchev–Trinajstić information content (AvgIpc) is 3.16. The van der Waals surface area contributed by atoms with E-state index in [1.165, 1.54) is 12.4 Å². The molecule has 0 radical (unpaired) electrons. The quantitative estimate of drug-likeness (QED) is 0.542. The molecule has 122 valence electrons. The molecule has 1 N–H and O–H groups in total. The third-order valence-electron chi connectivity index (χ3n) is 3.37. The highest BCUT2D eigenvalue weighted by Crippen LogP contribution is 2.22. The van der Waals surface area contributed by atoms with Gasteiger partial charge in [0, 0.05) is 4.47 Å². The van der Waals surface area contributed by atoms with E-state index in [1.54, 1.807) is 35.3 Å². The number of halogens is 1. The molecule has 7 heteroatoms. The lowest BCUT2D eigenvalue weighted by Gasteiger charge is -2.06. The molecule has 0 aliphatic rings. The summed E-state index contributed by atoms with van der Waals surface area (Å²) in [5, 5.41) is 16.1. The fourth-order valence-electron chi connectivity index (χ4n) is 2.13. The van der Waals surface area contributed by atoms with E-state index in [9.17, 15) is 10.1 Å². The van der Waals surface area contributed by atoms with Crippen LogP contribution in [0.4, 0.5) is 5.69 Å². The fraction of sp³-hybridized carbons (Fsp3) is 0. The van der Waals surface area contributed by atoms with Crippen LogP contribution in [0.25, 0.3) is 11.8 Å². The van der Waals surface area contributed by atoms with Crippen LogP contribution < -0.4 is 5.32 Å². The van der Waals surface area contributed by atoms with E-state index in [0.29, 0.717) is 5.69 Å². The first-order valence-corrected chi connectivity index (χ1v) is 8.09. The fourth-order valence-corrected chi connectivity index (χ4v) is 2.52. The molecule has 0 unspecified atom stereocenters. The Balaban J connectivity index is 1.79. The molecule has 1 heterocycles. The second-order valence-corrected chi connectivity index (χ2v) is 5.89. The third-order valence-corrected chi connectivity index (χ3v) is 4.07. The number of para-hydroxylation sites is 1. The van der Waals surface area contributed by atoms with E-state index in [0.717, 1.165) is 15.7 Å². The number of carbonyl (C=O) groups is 1. The summed E-state index contributed by atoms with van der Waals surface area (Å²) >= 11 is 3.36. The molecule has 0 atom stereocenters. The summed E-state index contributed by atoms with van der Waals surface area (Å²) in [6.07, 6.45) is 4.58. The lowest BCUT2D eigenvalue weighted by atomic mass is 10.1. The number of carbonyl (C=O) groups excluding carboxylic acids is 1. The Labute approximate surface area is 152 Å². The molecule has 0 fully saturated rings. The zero-order valence-electron chi connectivity index (χ0n) is 12.9. The number of anilines is 1. The number of benzene rings is 2. The number of nitriles is 1. The maximum absolute atomic E-state index is 12.3. The van der Waals surface area contributed by atoms with E-state index in [4.69, 9.17) is 0 Å². The molecular weight excluding hydrogens is 382 g/mol. The molecule has 0 saturated heterocycles. The summed E-state index contributed by atoms with van der Waals surface area (Å²) in [5.74, 6) is -0.463. The summed E-state index contributed by atoms with van der Waals surface area (Å²) in [6, 6.07) is 16.4. The number of rotatable bonds is 4. The van der Waals surface area contributed by atoms with Gasteiger partial charge in [0.2, 0.25) is 0 Å². The van der Waals surface area contributed by atoms with Crippen LogP contribution in [-0.4, -0.2) is 20.7 Å². The van der Waals surface area contributed by atoms with Crippen molar-refractivity contribution >= 4 is 33.6 Å². The number of hydrogen-bond donors (Lipinski definition) is 1. The zero-order valence-corrected chi connectivity index (χ0v) is 14.5. The second kappa shape index (κ2) is 7.55. The molecule has 0 aliphatic carbocycles. The number of nitrogens with zero attached hydrogens (tertiary/aromatic N) is 4. The highest BCUT2D eigenvalue weighted by molar-refractivity contribution is 9.10. The minimum absolute atomic E-state index is 0.0178. The molecule has 3 rings (SSSR count). The standard InChI is InChI=1S/C18H12BrN5O/c19-16-3-1-2-4-17(16)23-18(25)14(10-20)9-13-5-7-15(8-6-13)24-12-21-11-22-24/h1-9,11-12H,(H,23,25)/b14-9-. The molecule has 2 aromatic carbocycles. The minimum atomic E-state index is -0.463. The molecular formula is C18H12BrN5O. The van der Waals surface area contributed by atoms with Crippen molar-refractivity contribution in [2.24, 2.45) is 0 Å². The van der Waals surface area contributed by atoms with E-state index in [2.05, 4.69) is 31.3 Å². The van der Waals surface area contributed by atoms with Crippen molar-refractivity contribution in [3.8, 4) is 11.8 Å². The van der Waals surface area contributed by atoms with Crippen molar-refractivity contribution in [3.05, 3.63) is 76.8 Å². The highest BCUT2D eigenvalue weighted by atomic mass is 79.9. The Hall–Kier alpha value is -3.24. The van der Waals surface area contributed by atoms with Crippen LogP contribution in [0.2, 0.25) is 0 Å². The first-order chi connectivity index (χ1) is 12.2. The Morgan fingerprint density at radius 1 is 1.20 bits per heavy atom. The normalized spacial score (nSPS) is 11.0. The van der Waals surface area contributed by atoms with Crippen molar-refractivity contribution in [1.29, 1.82) is 5.26 Å². The highest BCUT2D eigenvalue weighted by Gasteiger charge is 2.11. The van der Waals surface area contributed by atoms with Gasteiger partial charge in [-0.1, -0.05) is 24.3 Å². The maximum Gasteiger partial charge on any atom is 0.266 e. The lowest BCUT2D eigenvalue weighted by molar-refractivity contribution is -0.112.